The van der Waals surface area contributed by atoms with Crippen LogP contribution in [-0.2, 0) is 11.2 Å². The van der Waals surface area contributed by atoms with Crippen molar-refractivity contribution < 1.29 is 19.5 Å². The topological polar surface area (TPSA) is 77.9 Å². The second kappa shape index (κ2) is 8.03. The van der Waals surface area contributed by atoms with Gasteiger partial charge in [-0.3, -0.25) is 9.59 Å². The Morgan fingerprint density at radius 2 is 1.41 bits per heavy atom. The molecule has 0 bridgehead atoms. The van der Waals surface area contributed by atoms with Gasteiger partial charge in [-0.25, -0.2) is 4.79 Å². The molecule has 1 N–H and O–H groups in total. The van der Waals surface area contributed by atoms with Gasteiger partial charge in [-0.2, -0.15) is 0 Å². The minimum atomic E-state index is -1.02. The normalized spacial score (nSPS) is 14.1. The van der Waals surface area contributed by atoms with Gasteiger partial charge < -0.3 is 14.9 Å². The number of hydrogen-bond acceptors (Lipinski definition) is 3. The highest BCUT2D eigenvalue weighted by Crippen LogP contribution is 2.13. The van der Waals surface area contributed by atoms with Crippen LogP contribution in [0.1, 0.15) is 31.8 Å². The fraction of sp³-hybridized carbons (Fsp3) is 0.286. The first-order valence-electron chi connectivity index (χ1n) is 8.90. The van der Waals surface area contributed by atoms with Crippen LogP contribution in [0.2, 0.25) is 0 Å². The van der Waals surface area contributed by atoms with Crippen molar-refractivity contribution in [3.8, 4) is 0 Å². The number of rotatable bonds is 4. The number of piperazine rings is 1. The lowest BCUT2D eigenvalue weighted by molar-refractivity contribution is -0.131. The van der Waals surface area contributed by atoms with E-state index >= 15 is 0 Å². The van der Waals surface area contributed by atoms with Crippen LogP contribution in [0, 0.1) is 6.92 Å². The maximum absolute atomic E-state index is 12.6. The first-order valence-corrected chi connectivity index (χ1v) is 8.90. The zero-order valence-electron chi connectivity index (χ0n) is 15.2. The molecule has 2 aromatic carbocycles. The lowest BCUT2D eigenvalue weighted by Crippen LogP contribution is -2.51. The van der Waals surface area contributed by atoms with E-state index in [9.17, 15) is 14.4 Å². The maximum Gasteiger partial charge on any atom is 0.335 e. The van der Waals surface area contributed by atoms with E-state index in [4.69, 9.17) is 5.11 Å². The van der Waals surface area contributed by atoms with Gasteiger partial charge in [0, 0.05) is 31.7 Å². The number of carbonyl (C=O) groups is 3. The van der Waals surface area contributed by atoms with Crippen molar-refractivity contribution in [3.05, 3.63) is 70.8 Å². The molecule has 2 aromatic rings. The summed E-state index contributed by atoms with van der Waals surface area (Å²) >= 11 is 0. The Hall–Kier alpha value is -3.15. The summed E-state index contributed by atoms with van der Waals surface area (Å²) in [5.41, 5.74) is 2.74. The smallest absolute Gasteiger partial charge is 0.335 e. The van der Waals surface area contributed by atoms with E-state index < -0.39 is 5.97 Å². The van der Waals surface area contributed by atoms with E-state index in [0.717, 1.165) is 11.1 Å². The van der Waals surface area contributed by atoms with Crippen molar-refractivity contribution in [3.63, 3.8) is 0 Å². The average Bonchev–Trinajstić information content (AvgIpc) is 2.69. The fourth-order valence-corrected chi connectivity index (χ4v) is 3.18. The van der Waals surface area contributed by atoms with Gasteiger partial charge >= 0.3 is 5.97 Å². The number of hydrogen-bond donors (Lipinski definition) is 1. The summed E-state index contributed by atoms with van der Waals surface area (Å²) in [5.74, 6) is -1.09. The van der Waals surface area contributed by atoms with E-state index in [2.05, 4.69) is 0 Å². The minimum absolute atomic E-state index is 0.0715. The molecule has 27 heavy (non-hydrogen) atoms. The molecule has 0 atom stereocenters. The van der Waals surface area contributed by atoms with E-state index in [1.807, 2.05) is 31.2 Å². The predicted octanol–water partition coefficient (Wildman–Crippen LogP) is 2.22. The number of nitrogens with zero attached hydrogens (tertiary/aromatic N) is 2. The second-order valence-electron chi connectivity index (χ2n) is 6.66. The molecule has 0 unspecified atom stereocenters. The molecule has 0 spiro atoms. The predicted molar refractivity (Wildman–Crippen MR) is 101 cm³/mol. The molecule has 1 saturated heterocycles. The summed E-state index contributed by atoms with van der Waals surface area (Å²) in [7, 11) is 0. The highest BCUT2D eigenvalue weighted by molar-refractivity contribution is 5.96. The Balaban J connectivity index is 1.56. The van der Waals surface area contributed by atoms with Crippen molar-refractivity contribution in [2.45, 2.75) is 13.3 Å². The molecule has 0 aromatic heterocycles. The van der Waals surface area contributed by atoms with Crippen molar-refractivity contribution in [1.82, 2.24) is 9.80 Å². The molecule has 1 aliphatic rings. The van der Waals surface area contributed by atoms with Crippen molar-refractivity contribution in [2.75, 3.05) is 26.2 Å². The van der Waals surface area contributed by atoms with Gasteiger partial charge in [0.25, 0.3) is 5.91 Å². The van der Waals surface area contributed by atoms with Crippen LogP contribution in [-0.4, -0.2) is 58.9 Å². The van der Waals surface area contributed by atoms with E-state index in [1.165, 1.54) is 24.3 Å². The standard InChI is InChI=1S/C21H22N2O4/c1-15-4-2-3-5-18(15)14-19(24)22-10-12-23(13-11-22)20(25)16-6-8-17(9-7-16)21(26)27/h2-9H,10-14H2,1H3,(H,26,27). The third-order valence-corrected chi connectivity index (χ3v) is 4.90. The molecule has 140 valence electrons. The number of aromatic carboxylic acids is 1. The third-order valence-electron chi connectivity index (χ3n) is 4.90. The van der Waals surface area contributed by atoms with Crippen LogP contribution in [0.15, 0.2) is 48.5 Å². The highest BCUT2D eigenvalue weighted by atomic mass is 16.4. The van der Waals surface area contributed by atoms with Crippen molar-refractivity contribution in [2.24, 2.45) is 0 Å². The molecule has 1 aliphatic heterocycles. The summed E-state index contributed by atoms with van der Waals surface area (Å²) in [6.45, 7) is 3.94. The van der Waals surface area contributed by atoms with Crippen LogP contribution < -0.4 is 0 Å². The number of carboxylic acid groups (broad SMARTS) is 1. The molecule has 0 radical (unpaired) electrons. The van der Waals surface area contributed by atoms with Gasteiger partial charge in [-0.1, -0.05) is 24.3 Å². The number of carboxylic acids is 1. The van der Waals surface area contributed by atoms with Gasteiger partial charge in [-0.05, 0) is 42.3 Å². The maximum atomic E-state index is 12.6. The molecular weight excluding hydrogens is 344 g/mol. The Morgan fingerprint density at radius 3 is 2.00 bits per heavy atom. The van der Waals surface area contributed by atoms with Crippen LogP contribution in [0.5, 0.6) is 0 Å². The molecule has 0 aliphatic carbocycles. The van der Waals surface area contributed by atoms with Gasteiger partial charge in [0.15, 0.2) is 0 Å². The second-order valence-corrected chi connectivity index (χ2v) is 6.66. The molecule has 6 nitrogen and oxygen atoms in total. The highest BCUT2D eigenvalue weighted by Gasteiger charge is 2.25. The zero-order valence-corrected chi connectivity index (χ0v) is 15.2. The fourth-order valence-electron chi connectivity index (χ4n) is 3.18. The van der Waals surface area contributed by atoms with Gasteiger partial charge in [0.1, 0.15) is 0 Å². The molecular formula is C21H22N2O4. The number of aryl methyl sites for hydroxylation is 1. The third kappa shape index (κ3) is 4.34. The molecule has 3 rings (SSSR count). The Labute approximate surface area is 158 Å². The van der Waals surface area contributed by atoms with Crippen LogP contribution in [0.25, 0.3) is 0 Å². The average molecular weight is 366 g/mol. The molecule has 1 heterocycles. The van der Waals surface area contributed by atoms with E-state index in [0.29, 0.717) is 38.2 Å². The van der Waals surface area contributed by atoms with Crippen LogP contribution >= 0.6 is 0 Å². The zero-order chi connectivity index (χ0) is 19.4. The van der Waals surface area contributed by atoms with Crippen molar-refractivity contribution >= 4 is 17.8 Å². The number of benzene rings is 2. The number of amides is 2. The lowest BCUT2D eigenvalue weighted by Gasteiger charge is -2.35. The Kier molecular flexibility index (Phi) is 5.54. The number of carbonyl (C=O) groups excluding carboxylic acids is 2. The van der Waals surface area contributed by atoms with Crippen LogP contribution in [0.3, 0.4) is 0 Å². The van der Waals surface area contributed by atoms with E-state index in [1.54, 1.807) is 9.80 Å². The monoisotopic (exact) mass is 366 g/mol. The van der Waals surface area contributed by atoms with Gasteiger partial charge in [0.2, 0.25) is 5.91 Å². The van der Waals surface area contributed by atoms with Crippen LogP contribution in [0.4, 0.5) is 0 Å². The first-order chi connectivity index (χ1) is 13.0. The molecule has 2 amide bonds. The summed E-state index contributed by atoms with van der Waals surface area (Å²) < 4.78 is 0. The first kappa shape index (κ1) is 18.6. The summed E-state index contributed by atoms with van der Waals surface area (Å²) in [5, 5.41) is 8.93. The molecule has 1 fully saturated rings. The largest absolute Gasteiger partial charge is 0.478 e. The summed E-state index contributed by atoms with van der Waals surface area (Å²) in [6.07, 6.45) is 0.372. The Morgan fingerprint density at radius 1 is 0.852 bits per heavy atom. The lowest BCUT2D eigenvalue weighted by atomic mass is 10.0. The van der Waals surface area contributed by atoms with E-state index in [-0.39, 0.29) is 17.4 Å². The van der Waals surface area contributed by atoms with Crippen molar-refractivity contribution in [1.29, 1.82) is 0 Å². The molecule has 6 heteroatoms. The quantitative estimate of drug-likeness (QED) is 0.900. The Bertz CT molecular complexity index is 853. The summed E-state index contributed by atoms with van der Waals surface area (Å²) in [4.78, 5) is 39.5. The SMILES string of the molecule is Cc1ccccc1CC(=O)N1CCN(C(=O)c2ccc(C(=O)O)cc2)CC1. The molecule has 0 saturated carbocycles. The van der Waals surface area contributed by atoms with Gasteiger partial charge in [-0.15, -0.1) is 0 Å². The summed E-state index contributed by atoms with van der Waals surface area (Å²) in [6, 6.07) is 13.8. The minimum Gasteiger partial charge on any atom is -0.478 e. The van der Waals surface area contributed by atoms with Gasteiger partial charge in [0.05, 0.1) is 12.0 Å².